The van der Waals surface area contributed by atoms with Gasteiger partial charge in [0.2, 0.25) is 0 Å². The summed E-state index contributed by atoms with van der Waals surface area (Å²) in [5.74, 6) is 2.85. The number of hydrogen-bond acceptors (Lipinski definition) is 3. The van der Waals surface area contributed by atoms with Crippen LogP contribution in [0, 0.1) is 23.2 Å². The third kappa shape index (κ3) is 2.67. The van der Waals surface area contributed by atoms with Crippen molar-refractivity contribution in [2.45, 2.75) is 102 Å². The van der Waals surface area contributed by atoms with E-state index in [0.29, 0.717) is 17.8 Å². The zero-order valence-electron chi connectivity index (χ0n) is 19.0. The lowest BCUT2D eigenvalue weighted by Gasteiger charge is -2.55. The second kappa shape index (κ2) is 6.80. The van der Waals surface area contributed by atoms with E-state index in [1.807, 2.05) is 0 Å². The van der Waals surface area contributed by atoms with Gasteiger partial charge in [-0.05, 0) is 102 Å². The van der Waals surface area contributed by atoms with E-state index in [0.717, 1.165) is 44.2 Å². The van der Waals surface area contributed by atoms with Gasteiger partial charge in [0.1, 0.15) is 0 Å². The largest absolute Gasteiger partial charge is 0.393 e. The summed E-state index contributed by atoms with van der Waals surface area (Å²) >= 11 is 0. The highest BCUT2D eigenvalue weighted by molar-refractivity contribution is 5.50. The van der Waals surface area contributed by atoms with Crippen LogP contribution < -0.4 is 0 Å². The van der Waals surface area contributed by atoms with Crippen LogP contribution in [-0.2, 0) is 13.0 Å². The molecule has 1 aromatic carbocycles. The van der Waals surface area contributed by atoms with Gasteiger partial charge in [-0.2, -0.15) is 0 Å². The second-order valence-electron chi connectivity index (χ2n) is 11.9. The van der Waals surface area contributed by atoms with Crippen molar-refractivity contribution in [2.24, 2.45) is 23.2 Å². The van der Waals surface area contributed by atoms with E-state index in [-0.39, 0.29) is 23.5 Å². The SMILES string of the molecule is C[C@H]1CC[C@H]2[C@H](C)c3ccc4c(c3CN2C1)C[C@H]1[C@H]4C[C@H](O)[C@H]2C[C@@H](O)CC[C@@]21C. The molecular weight excluding hydrogens is 370 g/mol. The number of benzene rings is 1. The van der Waals surface area contributed by atoms with E-state index in [1.54, 1.807) is 22.3 Å². The number of nitrogens with zero attached hydrogens (tertiary/aromatic N) is 1. The zero-order valence-corrected chi connectivity index (χ0v) is 19.0. The molecule has 30 heavy (non-hydrogen) atoms. The Hall–Kier alpha value is -0.900. The molecule has 0 unspecified atom stereocenters. The Kier molecular flexibility index (Phi) is 4.48. The number of rotatable bonds is 0. The minimum atomic E-state index is -0.264. The number of piperidine rings is 1. The summed E-state index contributed by atoms with van der Waals surface area (Å²) in [6.07, 6.45) is 7.08. The van der Waals surface area contributed by atoms with Crippen LogP contribution in [0.2, 0.25) is 0 Å². The molecule has 0 aromatic heterocycles. The van der Waals surface area contributed by atoms with Crippen molar-refractivity contribution in [3.8, 4) is 0 Å². The summed E-state index contributed by atoms with van der Waals surface area (Å²) in [6.45, 7) is 9.71. The van der Waals surface area contributed by atoms with Gasteiger partial charge in [0.05, 0.1) is 12.2 Å². The first-order valence-corrected chi connectivity index (χ1v) is 12.6. The van der Waals surface area contributed by atoms with Crippen molar-refractivity contribution in [2.75, 3.05) is 6.54 Å². The van der Waals surface area contributed by atoms with Crippen molar-refractivity contribution in [3.63, 3.8) is 0 Å². The lowest BCUT2D eigenvalue weighted by atomic mass is 9.51. The maximum absolute atomic E-state index is 11.1. The Morgan fingerprint density at radius 1 is 0.967 bits per heavy atom. The molecule has 1 aromatic rings. The summed E-state index contributed by atoms with van der Waals surface area (Å²) in [6, 6.07) is 5.63. The summed E-state index contributed by atoms with van der Waals surface area (Å²) < 4.78 is 0. The van der Waals surface area contributed by atoms with Gasteiger partial charge in [-0.25, -0.2) is 0 Å². The van der Waals surface area contributed by atoms with E-state index in [4.69, 9.17) is 0 Å². The number of fused-ring (bicyclic) bond motifs is 8. The van der Waals surface area contributed by atoms with Crippen LogP contribution in [0.5, 0.6) is 0 Å². The zero-order chi connectivity index (χ0) is 20.8. The summed E-state index contributed by atoms with van der Waals surface area (Å²) in [7, 11) is 0. The third-order valence-electron chi connectivity index (χ3n) is 10.4. The molecule has 2 N–H and O–H groups in total. The molecule has 0 radical (unpaired) electrons. The Morgan fingerprint density at radius 3 is 2.60 bits per heavy atom. The average Bonchev–Trinajstić information content (AvgIpc) is 3.09. The molecule has 0 amide bonds. The summed E-state index contributed by atoms with van der Waals surface area (Å²) in [4.78, 5) is 2.79. The molecule has 5 aliphatic rings. The highest BCUT2D eigenvalue weighted by atomic mass is 16.3. The van der Waals surface area contributed by atoms with Gasteiger partial charge in [0, 0.05) is 19.1 Å². The van der Waals surface area contributed by atoms with Gasteiger partial charge in [-0.1, -0.05) is 32.9 Å². The average molecular weight is 410 g/mol. The minimum absolute atomic E-state index is 0.163. The fourth-order valence-corrected chi connectivity index (χ4v) is 8.74. The first kappa shape index (κ1) is 19.8. The van der Waals surface area contributed by atoms with Crippen LogP contribution in [0.4, 0.5) is 0 Å². The van der Waals surface area contributed by atoms with Crippen molar-refractivity contribution in [1.82, 2.24) is 4.90 Å². The molecule has 6 rings (SSSR count). The maximum Gasteiger partial charge on any atom is 0.0580 e. The molecule has 164 valence electrons. The lowest BCUT2D eigenvalue weighted by Crippen LogP contribution is -2.52. The second-order valence-corrected chi connectivity index (χ2v) is 11.9. The highest BCUT2D eigenvalue weighted by Crippen LogP contribution is 2.62. The summed E-state index contributed by atoms with van der Waals surface area (Å²) in [5.41, 5.74) is 6.62. The molecule has 2 aliphatic heterocycles. The van der Waals surface area contributed by atoms with E-state index in [9.17, 15) is 10.2 Å². The topological polar surface area (TPSA) is 43.7 Å². The first-order chi connectivity index (χ1) is 14.4. The van der Waals surface area contributed by atoms with Crippen LogP contribution in [0.15, 0.2) is 12.1 Å². The number of aliphatic hydroxyl groups is 2. The number of aliphatic hydroxyl groups excluding tert-OH is 2. The lowest BCUT2D eigenvalue weighted by molar-refractivity contribution is -0.113. The molecule has 3 aliphatic carbocycles. The molecule has 2 heterocycles. The van der Waals surface area contributed by atoms with Crippen LogP contribution in [0.1, 0.15) is 93.4 Å². The molecule has 3 heteroatoms. The van der Waals surface area contributed by atoms with E-state index in [2.05, 4.69) is 37.8 Å². The van der Waals surface area contributed by atoms with Gasteiger partial charge in [0.15, 0.2) is 0 Å². The van der Waals surface area contributed by atoms with Crippen molar-refractivity contribution in [1.29, 1.82) is 0 Å². The fourth-order valence-electron chi connectivity index (χ4n) is 8.74. The molecule has 3 fully saturated rings. The Bertz CT molecular complexity index is 852. The first-order valence-electron chi connectivity index (χ1n) is 12.6. The summed E-state index contributed by atoms with van der Waals surface area (Å²) in [5, 5.41) is 21.4. The Morgan fingerprint density at radius 2 is 1.77 bits per heavy atom. The van der Waals surface area contributed by atoms with Gasteiger partial charge in [0.25, 0.3) is 0 Å². The van der Waals surface area contributed by atoms with Crippen molar-refractivity contribution in [3.05, 3.63) is 34.4 Å². The predicted molar refractivity (Wildman–Crippen MR) is 119 cm³/mol. The monoisotopic (exact) mass is 409 g/mol. The minimum Gasteiger partial charge on any atom is -0.393 e. The van der Waals surface area contributed by atoms with Crippen LogP contribution in [0.25, 0.3) is 0 Å². The van der Waals surface area contributed by atoms with Crippen molar-refractivity contribution < 1.29 is 10.2 Å². The Balaban J connectivity index is 1.39. The molecule has 0 bridgehead atoms. The normalized spacial score (nSPS) is 47.6. The highest BCUT2D eigenvalue weighted by Gasteiger charge is 2.57. The molecule has 9 atom stereocenters. The van der Waals surface area contributed by atoms with Gasteiger partial charge < -0.3 is 10.2 Å². The molecule has 1 saturated heterocycles. The standard InChI is InChI=1S/C27H39NO2/c1-15-4-7-25-16(2)18-5-6-19-20(22(18)14-28(25)13-15)11-23-21(19)12-26(30)24-10-17(29)8-9-27(23,24)3/h5-6,15-17,21,23-26,29-30H,4,7-14H2,1-3H3/t15-,16+,17-,21-,23-,24+,25-,26-,27+/m0/s1. The fraction of sp³-hybridized carbons (Fsp3) is 0.778. The van der Waals surface area contributed by atoms with E-state index >= 15 is 0 Å². The third-order valence-corrected chi connectivity index (χ3v) is 10.4. The Labute approximate surface area is 181 Å². The smallest absolute Gasteiger partial charge is 0.0580 e. The molecular formula is C27H39NO2. The molecule has 3 nitrogen and oxygen atoms in total. The quantitative estimate of drug-likeness (QED) is 0.659. The van der Waals surface area contributed by atoms with Crippen LogP contribution in [0.3, 0.4) is 0 Å². The van der Waals surface area contributed by atoms with E-state index in [1.165, 1.54) is 25.8 Å². The van der Waals surface area contributed by atoms with Crippen molar-refractivity contribution >= 4 is 0 Å². The molecule has 2 saturated carbocycles. The van der Waals surface area contributed by atoms with Gasteiger partial charge in [-0.3, -0.25) is 4.90 Å². The molecule has 0 spiro atoms. The van der Waals surface area contributed by atoms with Gasteiger partial charge >= 0.3 is 0 Å². The maximum atomic E-state index is 11.1. The van der Waals surface area contributed by atoms with Gasteiger partial charge in [-0.15, -0.1) is 0 Å². The van der Waals surface area contributed by atoms with E-state index < -0.39 is 0 Å². The van der Waals surface area contributed by atoms with Crippen LogP contribution >= 0.6 is 0 Å². The number of hydrogen-bond donors (Lipinski definition) is 2. The predicted octanol–water partition coefficient (Wildman–Crippen LogP) is 4.59. The van der Waals surface area contributed by atoms with Crippen LogP contribution in [-0.4, -0.2) is 39.9 Å².